The molecule has 2 aromatic carbocycles. The minimum Gasteiger partial charge on any atom is -0.481 e. The lowest BCUT2D eigenvalue weighted by atomic mass is 10.1. The van der Waals surface area contributed by atoms with E-state index in [9.17, 15) is 13.2 Å². The summed E-state index contributed by atoms with van der Waals surface area (Å²) in [7, 11) is -3.73. The lowest BCUT2D eigenvalue weighted by Gasteiger charge is -2.17. The zero-order valence-electron chi connectivity index (χ0n) is 16.2. The predicted molar refractivity (Wildman–Crippen MR) is 114 cm³/mol. The Morgan fingerprint density at radius 3 is 2.52 bits per heavy atom. The van der Waals surface area contributed by atoms with Crippen LogP contribution in [0.15, 0.2) is 58.9 Å². The van der Waals surface area contributed by atoms with Gasteiger partial charge in [0.2, 0.25) is 0 Å². The van der Waals surface area contributed by atoms with Gasteiger partial charge in [-0.2, -0.15) is 0 Å². The molecule has 0 aliphatic carbocycles. The first-order valence-electron chi connectivity index (χ1n) is 8.82. The van der Waals surface area contributed by atoms with Crippen LogP contribution >= 0.6 is 11.3 Å². The summed E-state index contributed by atoms with van der Waals surface area (Å²) < 4.78 is 32.9. The number of ether oxygens (including phenoxy) is 1. The molecule has 152 valence electrons. The van der Waals surface area contributed by atoms with E-state index in [0.29, 0.717) is 16.6 Å². The van der Waals surface area contributed by atoms with E-state index in [1.54, 1.807) is 12.3 Å². The molecule has 2 N–H and O–H groups in total. The third-order valence-corrected chi connectivity index (χ3v) is 6.28. The van der Waals surface area contributed by atoms with E-state index in [1.165, 1.54) is 41.8 Å². The van der Waals surface area contributed by atoms with Gasteiger partial charge in [-0.25, -0.2) is 13.4 Å². The van der Waals surface area contributed by atoms with Gasteiger partial charge in [-0.05, 0) is 62.2 Å². The van der Waals surface area contributed by atoms with Gasteiger partial charge in [0.05, 0.1) is 4.90 Å². The number of amides is 1. The maximum Gasteiger partial charge on any atom is 0.265 e. The smallest absolute Gasteiger partial charge is 0.265 e. The number of sulfonamides is 1. The summed E-state index contributed by atoms with van der Waals surface area (Å²) in [5, 5.41) is 4.70. The van der Waals surface area contributed by atoms with Crippen LogP contribution in [0, 0.1) is 13.8 Å². The maximum atomic E-state index is 12.4. The van der Waals surface area contributed by atoms with Gasteiger partial charge >= 0.3 is 0 Å². The van der Waals surface area contributed by atoms with Crippen molar-refractivity contribution < 1.29 is 17.9 Å². The number of nitrogens with one attached hydrogen (secondary N) is 2. The highest BCUT2D eigenvalue weighted by molar-refractivity contribution is 7.93. The first kappa shape index (κ1) is 20.8. The summed E-state index contributed by atoms with van der Waals surface area (Å²) in [4.78, 5) is 16.4. The fourth-order valence-corrected chi connectivity index (χ4v) is 4.28. The van der Waals surface area contributed by atoms with Crippen molar-refractivity contribution in [1.82, 2.24) is 4.98 Å². The summed E-state index contributed by atoms with van der Waals surface area (Å²) in [6.07, 6.45) is 0.799. The molecule has 0 saturated carbocycles. The van der Waals surface area contributed by atoms with Crippen LogP contribution in [0.4, 0.5) is 10.8 Å². The monoisotopic (exact) mass is 431 g/mol. The average Bonchev–Trinajstić information content (AvgIpc) is 3.17. The molecule has 9 heteroatoms. The van der Waals surface area contributed by atoms with Gasteiger partial charge in [0.15, 0.2) is 11.2 Å². The van der Waals surface area contributed by atoms with E-state index < -0.39 is 16.1 Å². The molecule has 0 spiro atoms. The third kappa shape index (κ3) is 5.33. The van der Waals surface area contributed by atoms with Gasteiger partial charge < -0.3 is 10.1 Å². The highest BCUT2D eigenvalue weighted by atomic mass is 32.2. The Kier molecular flexibility index (Phi) is 6.19. The van der Waals surface area contributed by atoms with Crippen molar-refractivity contribution >= 4 is 38.1 Å². The number of carbonyl (C=O) groups excluding carboxylic acids is 1. The largest absolute Gasteiger partial charge is 0.481 e. The van der Waals surface area contributed by atoms with Gasteiger partial charge in [-0.15, -0.1) is 11.3 Å². The summed E-state index contributed by atoms with van der Waals surface area (Å²) >= 11 is 1.19. The highest BCUT2D eigenvalue weighted by Crippen LogP contribution is 2.22. The average molecular weight is 432 g/mol. The number of benzene rings is 2. The van der Waals surface area contributed by atoms with Gasteiger partial charge in [-0.1, -0.05) is 12.1 Å². The van der Waals surface area contributed by atoms with Crippen LogP contribution in [-0.2, 0) is 14.8 Å². The number of carbonyl (C=O) groups is 1. The Bertz CT molecular complexity index is 1100. The molecule has 7 nitrogen and oxygen atoms in total. The first-order valence-corrected chi connectivity index (χ1v) is 11.2. The van der Waals surface area contributed by atoms with Crippen molar-refractivity contribution in [1.29, 1.82) is 0 Å². The molecule has 0 aliphatic heterocycles. The Morgan fingerprint density at radius 1 is 1.14 bits per heavy atom. The number of nitrogens with zero attached hydrogens (tertiary/aromatic N) is 1. The SMILES string of the molecule is Cc1ccc(C)c(O[C@@H](C)C(=O)Nc2ccc(S(=O)(=O)Nc3nccs3)cc2)c1. The summed E-state index contributed by atoms with van der Waals surface area (Å²) in [6, 6.07) is 11.7. The molecule has 0 bridgehead atoms. The second kappa shape index (κ2) is 8.62. The molecule has 0 aliphatic rings. The molecule has 0 fully saturated rings. The minimum atomic E-state index is -3.73. The molecule has 0 saturated heterocycles. The normalized spacial score (nSPS) is 12.2. The molecule has 3 rings (SSSR count). The van der Waals surface area contributed by atoms with Gasteiger partial charge in [-0.3, -0.25) is 9.52 Å². The minimum absolute atomic E-state index is 0.0744. The predicted octanol–water partition coefficient (Wildman–Crippen LogP) is 3.97. The van der Waals surface area contributed by atoms with E-state index in [-0.39, 0.29) is 10.8 Å². The van der Waals surface area contributed by atoms with Crippen molar-refractivity contribution in [2.45, 2.75) is 31.8 Å². The maximum absolute atomic E-state index is 12.4. The Labute approximate surface area is 173 Å². The number of aryl methyl sites for hydroxylation is 2. The van der Waals surface area contributed by atoms with Crippen LogP contribution < -0.4 is 14.8 Å². The van der Waals surface area contributed by atoms with Crippen molar-refractivity contribution in [3.8, 4) is 5.75 Å². The van der Waals surface area contributed by atoms with Crippen molar-refractivity contribution in [3.05, 3.63) is 65.2 Å². The van der Waals surface area contributed by atoms with Crippen LogP contribution in [-0.4, -0.2) is 25.4 Å². The zero-order valence-corrected chi connectivity index (χ0v) is 17.8. The second-order valence-corrected chi connectivity index (χ2v) is 9.06. The van der Waals surface area contributed by atoms with Crippen molar-refractivity contribution in [2.75, 3.05) is 10.0 Å². The molecule has 1 amide bonds. The Morgan fingerprint density at radius 2 is 1.86 bits per heavy atom. The van der Waals surface area contributed by atoms with Crippen LogP contribution in [0.3, 0.4) is 0 Å². The van der Waals surface area contributed by atoms with E-state index in [0.717, 1.165) is 11.1 Å². The van der Waals surface area contributed by atoms with Gasteiger partial charge in [0.25, 0.3) is 15.9 Å². The molecule has 29 heavy (non-hydrogen) atoms. The number of hydrogen-bond acceptors (Lipinski definition) is 6. The summed E-state index contributed by atoms with van der Waals surface area (Å²) in [6.45, 7) is 5.53. The van der Waals surface area contributed by atoms with E-state index in [4.69, 9.17) is 4.74 Å². The number of hydrogen-bond donors (Lipinski definition) is 2. The van der Waals surface area contributed by atoms with Crippen molar-refractivity contribution in [2.24, 2.45) is 0 Å². The van der Waals surface area contributed by atoms with Crippen LogP contribution in [0.25, 0.3) is 0 Å². The first-order chi connectivity index (χ1) is 13.7. The number of aromatic nitrogens is 1. The molecule has 1 atom stereocenters. The van der Waals surface area contributed by atoms with Crippen molar-refractivity contribution in [3.63, 3.8) is 0 Å². The standard InChI is InChI=1S/C20H21N3O4S2/c1-13-4-5-14(2)18(12-13)27-15(3)19(24)22-16-6-8-17(9-7-16)29(25,26)23-20-21-10-11-28-20/h4-12,15H,1-3H3,(H,21,23)(H,22,24)/t15-/m0/s1. The zero-order chi connectivity index (χ0) is 21.0. The Balaban J connectivity index is 1.64. The Hall–Kier alpha value is -2.91. The summed E-state index contributed by atoms with van der Waals surface area (Å²) in [5.41, 5.74) is 2.46. The van der Waals surface area contributed by atoms with E-state index in [1.807, 2.05) is 32.0 Å². The fourth-order valence-electron chi connectivity index (χ4n) is 2.49. The molecule has 1 aromatic heterocycles. The molecule has 0 unspecified atom stereocenters. The molecule has 3 aromatic rings. The van der Waals surface area contributed by atoms with E-state index >= 15 is 0 Å². The number of rotatable bonds is 7. The van der Waals surface area contributed by atoms with Crippen LogP contribution in [0.5, 0.6) is 5.75 Å². The van der Waals surface area contributed by atoms with E-state index in [2.05, 4.69) is 15.0 Å². The highest BCUT2D eigenvalue weighted by Gasteiger charge is 2.18. The van der Waals surface area contributed by atoms with Gasteiger partial charge in [0.1, 0.15) is 5.75 Å². The van der Waals surface area contributed by atoms with Crippen LogP contribution in [0.2, 0.25) is 0 Å². The molecule has 1 heterocycles. The van der Waals surface area contributed by atoms with Gasteiger partial charge in [0, 0.05) is 17.3 Å². The fraction of sp³-hybridized carbons (Fsp3) is 0.200. The molecular weight excluding hydrogens is 410 g/mol. The lowest BCUT2D eigenvalue weighted by Crippen LogP contribution is -2.30. The van der Waals surface area contributed by atoms with Crippen LogP contribution in [0.1, 0.15) is 18.1 Å². The molecular formula is C20H21N3O4S2. The summed E-state index contributed by atoms with van der Waals surface area (Å²) in [5.74, 6) is 0.324. The third-order valence-electron chi connectivity index (χ3n) is 4.10. The lowest BCUT2D eigenvalue weighted by molar-refractivity contribution is -0.122. The molecule has 0 radical (unpaired) electrons. The topological polar surface area (TPSA) is 97.4 Å². The number of anilines is 2. The number of thiazole rings is 1. The second-order valence-electron chi connectivity index (χ2n) is 6.49. The quantitative estimate of drug-likeness (QED) is 0.590.